The Morgan fingerprint density at radius 2 is 2.33 bits per heavy atom. The van der Waals surface area contributed by atoms with Crippen molar-refractivity contribution in [3.05, 3.63) is 24.4 Å². The third kappa shape index (κ3) is 5.01. The molecule has 0 heterocycles. The van der Waals surface area contributed by atoms with Gasteiger partial charge in [-0.1, -0.05) is 19.1 Å². The first kappa shape index (κ1) is 8.15. The molecule has 1 heteroatoms. The van der Waals surface area contributed by atoms with Gasteiger partial charge in [0.1, 0.15) is 0 Å². The summed E-state index contributed by atoms with van der Waals surface area (Å²) in [4.78, 5) is 3.82. The predicted molar refractivity (Wildman–Crippen MR) is 42.7 cm³/mol. The minimum absolute atomic E-state index is 1.09. The fraction of sp³-hybridized carbons (Fsp3) is 0.375. The zero-order chi connectivity index (χ0) is 7.11. The number of hydrogen-bond donors (Lipinski definition) is 0. The minimum Gasteiger partial charge on any atom is -0.265 e. The van der Waals surface area contributed by atoms with E-state index in [1.54, 1.807) is 6.21 Å². The lowest BCUT2D eigenvalue weighted by Gasteiger charge is -1.86. The molecule has 50 valence electrons. The SMILES string of the molecule is C=CN=C/C=C(/C)CC. The highest BCUT2D eigenvalue weighted by Gasteiger charge is 1.76. The standard InChI is InChI=1S/C8H13N/c1-4-8(3)6-7-9-5-2/h5-7H,2,4H2,1,3H3/b8-6-,9-7?. The Hall–Kier alpha value is -0.850. The molecule has 0 amide bonds. The molecule has 9 heavy (non-hydrogen) atoms. The normalized spacial score (nSPS) is 12.4. The summed E-state index contributed by atoms with van der Waals surface area (Å²) in [6.45, 7) is 7.65. The summed E-state index contributed by atoms with van der Waals surface area (Å²) in [7, 11) is 0. The number of hydrogen-bond acceptors (Lipinski definition) is 1. The molecular weight excluding hydrogens is 110 g/mol. The largest absolute Gasteiger partial charge is 0.265 e. The summed E-state index contributed by atoms with van der Waals surface area (Å²) in [6.07, 6.45) is 6.36. The highest BCUT2D eigenvalue weighted by Crippen LogP contribution is 1.94. The van der Waals surface area contributed by atoms with E-state index in [1.807, 2.05) is 6.08 Å². The quantitative estimate of drug-likeness (QED) is 0.511. The molecule has 0 aromatic heterocycles. The number of allylic oxidation sites excluding steroid dienone is 2. The van der Waals surface area contributed by atoms with Crippen LogP contribution in [0, 0.1) is 0 Å². The lowest BCUT2D eigenvalue weighted by molar-refractivity contribution is 1.10. The first-order valence-electron chi connectivity index (χ1n) is 3.11. The van der Waals surface area contributed by atoms with Crippen LogP contribution in [0.2, 0.25) is 0 Å². The molecule has 0 fully saturated rings. The number of aliphatic imine (C=N–C) groups is 1. The van der Waals surface area contributed by atoms with Crippen LogP contribution in [-0.4, -0.2) is 6.21 Å². The minimum atomic E-state index is 1.09. The maximum absolute atomic E-state index is 3.82. The summed E-state index contributed by atoms with van der Waals surface area (Å²) >= 11 is 0. The number of nitrogens with zero attached hydrogens (tertiary/aromatic N) is 1. The van der Waals surface area contributed by atoms with Crippen LogP contribution in [0.1, 0.15) is 20.3 Å². The van der Waals surface area contributed by atoms with Crippen molar-refractivity contribution in [3.8, 4) is 0 Å². The van der Waals surface area contributed by atoms with E-state index in [2.05, 4.69) is 25.4 Å². The zero-order valence-electron chi connectivity index (χ0n) is 6.09. The van der Waals surface area contributed by atoms with Crippen molar-refractivity contribution in [2.75, 3.05) is 0 Å². The van der Waals surface area contributed by atoms with Crippen molar-refractivity contribution >= 4 is 6.21 Å². The Bertz CT molecular complexity index is 132. The molecule has 0 aliphatic rings. The molecule has 0 spiro atoms. The van der Waals surface area contributed by atoms with Gasteiger partial charge in [0.25, 0.3) is 0 Å². The van der Waals surface area contributed by atoms with Gasteiger partial charge in [-0.3, -0.25) is 4.99 Å². The van der Waals surface area contributed by atoms with Crippen molar-refractivity contribution in [1.82, 2.24) is 0 Å². The van der Waals surface area contributed by atoms with E-state index in [4.69, 9.17) is 0 Å². The van der Waals surface area contributed by atoms with E-state index in [-0.39, 0.29) is 0 Å². The predicted octanol–water partition coefficient (Wildman–Crippen LogP) is 2.56. The van der Waals surface area contributed by atoms with Crippen LogP contribution in [0.3, 0.4) is 0 Å². The zero-order valence-corrected chi connectivity index (χ0v) is 6.09. The molecule has 0 bridgehead atoms. The average Bonchev–Trinajstić information content (AvgIpc) is 1.89. The van der Waals surface area contributed by atoms with Gasteiger partial charge in [-0.05, 0) is 19.4 Å². The van der Waals surface area contributed by atoms with Gasteiger partial charge in [-0.15, -0.1) is 0 Å². The van der Waals surface area contributed by atoms with Crippen LogP contribution in [0.4, 0.5) is 0 Å². The highest BCUT2D eigenvalue weighted by atomic mass is 14.6. The molecule has 1 nitrogen and oxygen atoms in total. The van der Waals surface area contributed by atoms with Gasteiger partial charge >= 0.3 is 0 Å². The second-order valence-electron chi connectivity index (χ2n) is 1.85. The van der Waals surface area contributed by atoms with Crippen LogP contribution in [0.15, 0.2) is 29.4 Å². The maximum Gasteiger partial charge on any atom is 0.0266 e. The van der Waals surface area contributed by atoms with Gasteiger partial charge in [-0.2, -0.15) is 0 Å². The molecule has 0 saturated heterocycles. The molecule has 0 N–H and O–H groups in total. The average molecular weight is 123 g/mol. The Morgan fingerprint density at radius 3 is 2.78 bits per heavy atom. The fourth-order valence-corrected chi connectivity index (χ4v) is 0.349. The van der Waals surface area contributed by atoms with Crippen LogP contribution in [-0.2, 0) is 0 Å². The fourth-order valence-electron chi connectivity index (χ4n) is 0.349. The smallest absolute Gasteiger partial charge is 0.0266 e. The second-order valence-corrected chi connectivity index (χ2v) is 1.85. The molecule has 0 aliphatic heterocycles. The van der Waals surface area contributed by atoms with Crippen LogP contribution in [0.25, 0.3) is 0 Å². The summed E-state index contributed by atoms with van der Waals surface area (Å²) in [6, 6.07) is 0. The Balaban J connectivity index is 3.67. The lowest BCUT2D eigenvalue weighted by atomic mass is 10.2. The summed E-state index contributed by atoms with van der Waals surface area (Å²) in [5, 5.41) is 0. The molecule has 0 aliphatic carbocycles. The second kappa shape index (κ2) is 5.29. The summed E-state index contributed by atoms with van der Waals surface area (Å²) < 4.78 is 0. The topological polar surface area (TPSA) is 12.4 Å². The van der Waals surface area contributed by atoms with Gasteiger partial charge in [-0.25, -0.2) is 0 Å². The van der Waals surface area contributed by atoms with E-state index in [9.17, 15) is 0 Å². The summed E-state index contributed by atoms with van der Waals surface area (Å²) in [5.74, 6) is 0. The maximum atomic E-state index is 3.82. The molecule has 0 atom stereocenters. The van der Waals surface area contributed by atoms with Gasteiger partial charge in [0.2, 0.25) is 0 Å². The highest BCUT2D eigenvalue weighted by molar-refractivity contribution is 5.72. The van der Waals surface area contributed by atoms with E-state index in [0.717, 1.165) is 6.42 Å². The van der Waals surface area contributed by atoms with Gasteiger partial charge in [0.05, 0.1) is 0 Å². The van der Waals surface area contributed by atoms with Crippen molar-refractivity contribution in [1.29, 1.82) is 0 Å². The van der Waals surface area contributed by atoms with Crippen LogP contribution >= 0.6 is 0 Å². The van der Waals surface area contributed by atoms with Gasteiger partial charge < -0.3 is 0 Å². The van der Waals surface area contributed by atoms with Gasteiger partial charge in [0.15, 0.2) is 0 Å². The lowest BCUT2D eigenvalue weighted by Crippen LogP contribution is -1.71. The third-order valence-corrected chi connectivity index (χ3v) is 1.11. The molecule has 0 saturated carbocycles. The van der Waals surface area contributed by atoms with Crippen molar-refractivity contribution in [3.63, 3.8) is 0 Å². The molecular formula is C8H13N. The molecule has 0 aromatic rings. The van der Waals surface area contributed by atoms with E-state index < -0.39 is 0 Å². The third-order valence-electron chi connectivity index (χ3n) is 1.11. The van der Waals surface area contributed by atoms with E-state index in [0.29, 0.717) is 0 Å². The molecule has 0 unspecified atom stereocenters. The molecule has 0 aromatic carbocycles. The van der Waals surface area contributed by atoms with E-state index in [1.165, 1.54) is 11.8 Å². The van der Waals surface area contributed by atoms with Crippen molar-refractivity contribution in [2.24, 2.45) is 4.99 Å². The number of rotatable bonds is 3. The first-order valence-corrected chi connectivity index (χ1v) is 3.11. The molecule has 0 rings (SSSR count). The Morgan fingerprint density at radius 1 is 1.67 bits per heavy atom. The Labute approximate surface area is 56.8 Å². The van der Waals surface area contributed by atoms with Gasteiger partial charge in [0, 0.05) is 12.4 Å². The Kier molecular flexibility index (Phi) is 4.79. The van der Waals surface area contributed by atoms with Crippen LogP contribution < -0.4 is 0 Å². The van der Waals surface area contributed by atoms with Crippen molar-refractivity contribution in [2.45, 2.75) is 20.3 Å². The molecule has 0 radical (unpaired) electrons. The summed E-state index contributed by atoms with van der Waals surface area (Å²) in [5.41, 5.74) is 1.33. The van der Waals surface area contributed by atoms with E-state index >= 15 is 0 Å². The monoisotopic (exact) mass is 123 g/mol. The van der Waals surface area contributed by atoms with Crippen LogP contribution in [0.5, 0.6) is 0 Å². The first-order chi connectivity index (χ1) is 4.31. The van der Waals surface area contributed by atoms with Crippen molar-refractivity contribution < 1.29 is 0 Å².